The van der Waals surface area contributed by atoms with Crippen molar-refractivity contribution in [2.75, 3.05) is 39.8 Å². The van der Waals surface area contributed by atoms with E-state index in [0.29, 0.717) is 25.7 Å². The Kier molecular flexibility index (Phi) is 5.40. The Labute approximate surface area is 108 Å². The highest BCUT2D eigenvalue weighted by Gasteiger charge is 2.29. The van der Waals surface area contributed by atoms with Gasteiger partial charge in [-0.05, 0) is 20.4 Å². The molecule has 0 spiro atoms. The summed E-state index contributed by atoms with van der Waals surface area (Å²) >= 11 is 0. The van der Waals surface area contributed by atoms with Gasteiger partial charge in [0, 0.05) is 32.2 Å². The van der Waals surface area contributed by atoms with Gasteiger partial charge in [0.05, 0.1) is 0 Å². The minimum atomic E-state index is -0.966. The van der Waals surface area contributed by atoms with Crippen LogP contribution >= 0.6 is 0 Å². The van der Waals surface area contributed by atoms with Gasteiger partial charge >= 0.3 is 12.0 Å². The molecular formula is C12H23N3O3. The van der Waals surface area contributed by atoms with Gasteiger partial charge in [0.25, 0.3) is 0 Å². The van der Waals surface area contributed by atoms with Crippen LogP contribution in [0, 0.1) is 0 Å². The summed E-state index contributed by atoms with van der Waals surface area (Å²) in [5.41, 5.74) is 0. The Morgan fingerprint density at radius 1 is 1.33 bits per heavy atom. The molecule has 1 aliphatic heterocycles. The monoisotopic (exact) mass is 257 g/mol. The first kappa shape index (κ1) is 14.8. The lowest BCUT2D eigenvalue weighted by Gasteiger charge is -2.40. The van der Waals surface area contributed by atoms with E-state index in [1.807, 2.05) is 0 Å². The number of likely N-dealkylation sites (N-methyl/N-ethyl adjacent to an activating group) is 2. The molecule has 0 bridgehead atoms. The highest BCUT2D eigenvalue weighted by molar-refractivity contribution is 5.80. The number of amides is 2. The fourth-order valence-electron chi connectivity index (χ4n) is 2.24. The maximum absolute atomic E-state index is 12.2. The van der Waals surface area contributed by atoms with E-state index in [9.17, 15) is 9.59 Å². The van der Waals surface area contributed by atoms with E-state index in [0.717, 1.165) is 13.0 Å². The Morgan fingerprint density at radius 2 is 2.00 bits per heavy atom. The van der Waals surface area contributed by atoms with Gasteiger partial charge in [-0.2, -0.15) is 0 Å². The maximum Gasteiger partial charge on any atom is 0.323 e. The molecule has 6 heteroatoms. The Balaban J connectivity index is 2.62. The van der Waals surface area contributed by atoms with E-state index < -0.39 is 5.97 Å². The molecule has 1 atom stereocenters. The molecule has 6 nitrogen and oxygen atoms in total. The number of rotatable bonds is 4. The number of hydrogen-bond acceptors (Lipinski definition) is 3. The number of piperazine rings is 1. The number of hydrogen-bond donors (Lipinski definition) is 1. The molecule has 0 aromatic rings. The molecule has 1 heterocycles. The van der Waals surface area contributed by atoms with Crippen LogP contribution < -0.4 is 0 Å². The summed E-state index contributed by atoms with van der Waals surface area (Å²) in [6.07, 6.45) is 0.991. The summed E-state index contributed by atoms with van der Waals surface area (Å²) in [6, 6.07) is 0.206. The summed E-state index contributed by atoms with van der Waals surface area (Å²) in [6.45, 7) is 6.30. The van der Waals surface area contributed by atoms with Crippen LogP contribution in [0.5, 0.6) is 0 Å². The molecule has 1 rings (SSSR count). The van der Waals surface area contributed by atoms with E-state index in [1.165, 1.54) is 4.90 Å². The van der Waals surface area contributed by atoms with Crippen LogP contribution in [0.15, 0.2) is 0 Å². The number of carboxylic acids is 1. The number of nitrogens with zero attached hydrogens (tertiary/aromatic N) is 3. The number of urea groups is 1. The van der Waals surface area contributed by atoms with Crippen LogP contribution in [0.1, 0.15) is 20.3 Å². The summed E-state index contributed by atoms with van der Waals surface area (Å²) in [5.74, 6) is -0.966. The number of carboxylic acid groups (broad SMARTS) is 1. The molecule has 0 aromatic carbocycles. The van der Waals surface area contributed by atoms with E-state index >= 15 is 0 Å². The van der Waals surface area contributed by atoms with E-state index in [4.69, 9.17) is 5.11 Å². The summed E-state index contributed by atoms with van der Waals surface area (Å²) in [4.78, 5) is 28.3. The van der Waals surface area contributed by atoms with Crippen molar-refractivity contribution in [1.82, 2.24) is 14.7 Å². The first-order chi connectivity index (χ1) is 8.49. The molecule has 1 aliphatic rings. The Bertz CT molecular complexity index is 309. The lowest BCUT2D eigenvalue weighted by atomic mass is 10.1. The molecule has 2 amide bonds. The second-order valence-electron chi connectivity index (χ2n) is 4.68. The van der Waals surface area contributed by atoms with Crippen molar-refractivity contribution in [3.05, 3.63) is 0 Å². The molecule has 1 saturated heterocycles. The lowest BCUT2D eigenvalue weighted by Crippen LogP contribution is -2.56. The molecule has 18 heavy (non-hydrogen) atoms. The van der Waals surface area contributed by atoms with Crippen LogP contribution in [-0.4, -0.2) is 77.6 Å². The van der Waals surface area contributed by atoms with Crippen molar-refractivity contribution in [2.45, 2.75) is 26.3 Å². The molecule has 104 valence electrons. The van der Waals surface area contributed by atoms with Gasteiger partial charge in [0.2, 0.25) is 0 Å². The number of carbonyl (C=O) groups is 2. The predicted molar refractivity (Wildman–Crippen MR) is 68.6 cm³/mol. The number of aliphatic carboxylic acids is 1. The zero-order chi connectivity index (χ0) is 13.7. The van der Waals surface area contributed by atoms with Crippen molar-refractivity contribution in [3.8, 4) is 0 Å². The maximum atomic E-state index is 12.2. The van der Waals surface area contributed by atoms with Crippen molar-refractivity contribution in [1.29, 1.82) is 0 Å². The minimum absolute atomic E-state index is 0.161. The van der Waals surface area contributed by atoms with Gasteiger partial charge in [-0.3, -0.25) is 9.69 Å². The first-order valence-electron chi connectivity index (χ1n) is 6.45. The molecule has 0 saturated carbocycles. The topological polar surface area (TPSA) is 64.1 Å². The van der Waals surface area contributed by atoms with E-state index in [1.54, 1.807) is 11.8 Å². The smallest absolute Gasteiger partial charge is 0.323 e. The average Bonchev–Trinajstić information content (AvgIpc) is 2.35. The molecular weight excluding hydrogens is 234 g/mol. The third kappa shape index (κ3) is 3.60. The standard InChI is InChI=1S/C12H23N3O3/c1-4-10-8-15(7-6-13(10)3)12(18)14(5-2)9-11(16)17/h10H,4-9H2,1-3H3,(H,16,17). The van der Waals surface area contributed by atoms with Gasteiger partial charge < -0.3 is 14.9 Å². The highest BCUT2D eigenvalue weighted by Crippen LogP contribution is 2.12. The summed E-state index contributed by atoms with van der Waals surface area (Å²) in [5, 5.41) is 8.78. The Hall–Kier alpha value is -1.30. The fraction of sp³-hybridized carbons (Fsp3) is 0.833. The molecule has 1 unspecified atom stereocenters. The summed E-state index contributed by atoms with van der Waals surface area (Å²) in [7, 11) is 2.06. The van der Waals surface area contributed by atoms with E-state index in [2.05, 4.69) is 18.9 Å². The minimum Gasteiger partial charge on any atom is -0.480 e. The normalized spacial score (nSPS) is 20.8. The molecule has 0 aromatic heterocycles. The second kappa shape index (κ2) is 6.58. The quantitative estimate of drug-likeness (QED) is 0.798. The lowest BCUT2D eigenvalue weighted by molar-refractivity contribution is -0.137. The fourth-order valence-corrected chi connectivity index (χ4v) is 2.24. The highest BCUT2D eigenvalue weighted by atomic mass is 16.4. The average molecular weight is 257 g/mol. The molecule has 0 radical (unpaired) electrons. The van der Waals surface area contributed by atoms with Crippen LogP contribution in [0.4, 0.5) is 4.79 Å². The van der Waals surface area contributed by atoms with Crippen molar-refractivity contribution in [3.63, 3.8) is 0 Å². The van der Waals surface area contributed by atoms with Crippen LogP contribution in [0.3, 0.4) is 0 Å². The SMILES string of the molecule is CCC1CN(C(=O)N(CC)CC(=O)O)CCN1C. The third-order valence-corrected chi connectivity index (χ3v) is 3.50. The zero-order valence-electron chi connectivity index (χ0n) is 11.4. The predicted octanol–water partition coefficient (Wildman–Crippen LogP) is 0.539. The van der Waals surface area contributed by atoms with Gasteiger partial charge in [-0.15, -0.1) is 0 Å². The van der Waals surface area contributed by atoms with Gasteiger partial charge in [-0.1, -0.05) is 6.92 Å². The van der Waals surface area contributed by atoms with E-state index in [-0.39, 0.29) is 12.6 Å². The van der Waals surface area contributed by atoms with Gasteiger partial charge in [-0.25, -0.2) is 4.79 Å². The summed E-state index contributed by atoms with van der Waals surface area (Å²) < 4.78 is 0. The molecule has 1 fully saturated rings. The van der Waals surface area contributed by atoms with Crippen LogP contribution in [0.25, 0.3) is 0 Å². The van der Waals surface area contributed by atoms with Crippen molar-refractivity contribution < 1.29 is 14.7 Å². The van der Waals surface area contributed by atoms with Crippen LogP contribution in [0.2, 0.25) is 0 Å². The Morgan fingerprint density at radius 3 is 2.50 bits per heavy atom. The molecule has 1 N–H and O–H groups in total. The third-order valence-electron chi connectivity index (χ3n) is 3.50. The number of carbonyl (C=O) groups excluding carboxylic acids is 1. The first-order valence-corrected chi connectivity index (χ1v) is 6.45. The van der Waals surface area contributed by atoms with Crippen molar-refractivity contribution >= 4 is 12.0 Å². The largest absolute Gasteiger partial charge is 0.480 e. The second-order valence-corrected chi connectivity index (χ2v) is 4.68. The van der Waals surface area contributed by atoms with Crippen LogP contribution in [-0.2, 0) is 4.79 Å². The zero-order valence-corrected chi connectivity index (χ0v) is 11.4. The van der Waals surface area contributed by atoms with Gasteiger partial charge in [0.1, 0.15) is 6.54 Å². The molecule has 0 aliphatic carbocycles. The van der Waals surface area contributed by atoms with Gasteiger partial charge in [0.15, 0.2) is 0 Å². The van der Waals surface area contributed by atoms with Crippen molar-refractivity contribution in [2.24, 2.45) is 0 Å².